The zero-order chi connectivity index (χ0) is 16.5. The second-order valence-corrected chi connectivity index (χ2v) is 7.23. The molecule has 1 fully saturated rings. The Kier molecular flexibility index (Phi) is 8.78. The maximum atomic E-state index is 11.9. The molecule has 2 atom stereocenters. The van der Waals surface area contributed by atoms with Crippen LogP contribution >= 0.6 is 24.0 Å². The molecule has 0 radical (unpaired) electrons. The van der Waals surface area contributed by atoms with Gasteiger partial charge in [-0.15, -0.1) is 0 Å². The van der Waals surface area contributed by atoms with Crippen molar-refractivity contribution >= 4 is 40.2 Å². The van der Waals surface area contributed by atoms with Crippen LogP contribution in [-0.2, 0) is 4.79 Å². The van der Waals surface area contributed by atoms with Crippen LogP contribution in [0.4, 0.5) is 4.79 Å². The van der Waals surface area contributed by atoms with Crippen molar-refractivity contribution in [3.63, 3.8) is 0 Å². The van der Waals surface area contributed by atoms with E-state index in [1.54, 1.807) is 0 Å². The average Bonchev–Trinajstić information content (AvgIpc) is 2.48. The van der Waals surface area contributed by atoms with Crippen molar-refractivity contribution in [1.29, 1.82) is 0 Å². The van der Waals surface area contributed by atoms with E-state index in [4.69, 9.17) is 12.2 Å². The summed E-state index contributed by atoms with van der Waals surface area (Å²) >= 11 is 6.56. The Morgan fingerprint density at radius 3 is 2.45 bits per heavy atom. The van der Waals surface area contributed by atoms with Crippen LogP contribution in [0.3, 0.4) is 0 Å². The van der Waals surface area contributed by atoms with E-state index in [1.807, 2.05) is 18.7 Å². The second-order valence-electron chi connectivity index (χ2n) is 5.62. The van der Waals surface area contributed by atoms with Crippen LogP contribution < -0.4 is 10.6 Å². The maximum Gasteiger partial charge on any atom is 0.321 e. The molecule has 0 spiro atoms. The number of hydrogen-bond donors (Lipinski definition) is 2. The summed E-state index contributed by atoms with van der Waals surface area (Å²) in [4.78, 5) is 25.7. The highest BCUT2D eigenvalue weighted by molar-refractivity contribution is 8.23. The smallest absolute Gasteiger partial charge is 0.321 e. The third kappa shape index (κ3) is 6.52. The molecule has 1 aliphatic rings. The van der Waals surface area contributed by atoms with Crippen LogP contribution in [0.15, 0.2) is 0 Å². The highest BCUT2D eigenvalue weighted by Gasteiger charge is 2.23. The van der Waals surface area contributed by atoms with Crippen molar-refractivity contribution in [3.8, 4) is 0 Å². The van der Waals surface area contributed by atoms with Crippen LogP contribution in [-0.4, -0.2) is 46.0 Å². The molecule has 0 aliphatic heterocycles. The number of carbonyl (C=O) groups is 2. The number of nitrogens with one attached hydrogen (secondary N) is 2. The molecule has 0 heterocycles. The molecule has 2 N–H and O–H groups in total. The van der Waals surface area contributed by atoms with E-state index in [1.165, 1.54) is 18.2 Å². The number of thiocarbonyl (C=S) groups is 1. The fourth-order valence-electron chi connectivity index (χ4n) is 2.60. The number of nitrogens with zero attached hydrogens (tertiary/aromatic N) is 1. The average molecular weight is 346 g/mol. The van der Waals surface area contributed by atoms with Crippen molar-refractivity contribution in [2.24, 2.45) is 5.92 Å². The van der Waals surface area contributed by atoms with Gasteiger partial charge in [0, 0.05) is 19.1 Å². The fraction of sp³-hybridized carbons (Fsp3) is 0.800. The van der Waals surface area contributed by atoms with Gasteiger partial charge in [0.2, 0.25) is 5.91 Å². The van der Waals surface area contributed by atoms with Crippen LogP contribution in [0.25, 0.3) is 0 Å². The molecule has 0 aromatic rings. The molecule has 3 amide bonds. The molecule has 1 rings (SSSR count). The van der Waals surface area contributed by atoms with Crippen LogP contribution in [0.5, 0.6) is 0 Å². The molecule has 0 unspecified atom stereocenters. The summed E-state index contributed by atoms with van der Waals surface area (Å²) in [6, 6.07) is -0.218. The molecule has 0 aromatic heterocycles. The van der Waals surface area contributed by atoms with E-state index in [0.717, 1.165) is 32.4 Å². The number of carbonyl (C=O) groups excluding carboxylic acids is 2. The molecular weight excluding hydrogens is 318 g/mol. The standard InChI is InChI=1S/C15H27N3O2S2/c1-4-18(5-2)15(21)22-10-13(19)17-14(20)16-12-9-7-6-8-11(12)3/h11-12H,4-10H2,1-3H3,(H2,16,17,19,20)/t11-,12+/m0/s1. The molecule has 22 heavy (non-hydrogen) atoms. The van der Waals surface area contributed by atoms with E-state index < -0.39 is 6.03 Å². The molecule has 0 bridgehead atoms. The van der Waals surface area contributed by atoms with Gasteiger partial charge in [-0.05, 0) is 32.6 Å². The lowest BCUT2D eigenvalue weighted by atomic mass is 9.86. The van der Waals surface area contributed by atoms with Crippen molar-refractivity contribution in [1.82, 2.24) is 15.5 Å². The lowest BCUT2D eigenvalue weighted by Gasteiger charge is -2.29. The lowest BCUT2D eigenvalue weighted by molar-refractivity contribution is -0.117. The summed E-state index contributed by atoms with van der Waals surface area (Å²) < 4.78 is 0.696. The molecule has 126 valence electrons. The number of rotatable bonds is 5. The quantitative estimate of drug-likeness (QED) is 0.750. The predicted octanol–water partition coefficient (Wildman–Crippen LogP) is 2.75. The summed E-state index contributed by atoms with van der Waals surface area (Å²) in [5.41, 5.74) is 0. The van der Waals surface area contributed by atoms with E-state index in [9.17, 15) is 9.59 Å². The van der Waals surface area contributed by atoms with Gasteiger partial charge in [-0.2, -0.15) is 0 Å². The Morgan fingerprint density at radius 1 is 1.23 bits per heavy atom. The first-order valence-electron chi connectivity index (χ1n) is 7.99. The van der Waals surface area contributed by atoms with E-state index in [-0.39, 0.29) is 17.7 Å². The minimum absolute atomic E-state index is 0.170. The monoisotopic (exact) mass is 345 g/mol. The van der Waals surface area contributed by atoms with Crippen molar-refractivity contribution in [2.45, 2.75) is 52.5 Å². The normalized spacial score (nSPS) is 21.0. The first-order valence-corrected chi connectivity index (χ1v) is 9.39. The topological polar surface area (TPSA) is 61.4 Å². The molecule has 5 nitrogen and oxygen atoms in total. The summed E-state index contributed by atoms with van der Waals surface area (Å²) in [7, 11) is 0. The Labute approximate surface area is 143 Å². The summed E-state index contributed by atoms with van der Waals surface area (Å²) in [6.45, 7) is 7.84. The highest BCUT2D eigenvalue weighted by Crippen LogP contribution is 2.23. The number of amides is 3. The summed E-state index contributed by atoms with van der Waals surface area (Å²) in [5, 5.41) is 5.30. The summed E-state index contributed by atoms with van der Waals surface area (Å²) in [6.07, 6.45) is 4.48. The van der Waals surface area contributed by atoms with Crippen molar-refractivity contribution in [2.75, 3.05) is 18.8 Å². The molecule has 7 heteroatoms. The molecule has 0 aromatic carbocycles. The minimum Gasteiger partial charge on any atom is -0.358 e. The van der Waals surface area contributed by atoms with Crippen LogP contribution in [0, 0.1) is 5.92 Å². The Morgan fingerprint density at radius 2 is 1.86 bits per heavy atom. The first-order chi connectivity index (χ1) is 10.5. The van der Waals surface area contributed by atoms with Gasteiger partial charge in [-0.25, -0.2) is 4.79 Å². The molecule has 0 saturated heterocycles. The molecular formula is C15H27N3O2S2. The van der Waals surface area contributed by atoms with E-state index in [2.05, 4.69) is 17.6 Å². The largest absolute Gasteiger partial charge is 0.358 e. The van der Waals surface area contributed by atoms with Gasteiger partial charge in [-0.3, -0.25) is 10.1 Å². The third-order valence-electron chi connectivity index (χ3n) is 4.03. The van der Waals surface area contributed by atoms with E-state index >= 15 is 0 Å². The van der Waals surface area contributed by atoms with Crippen LogP contribution in [0.2, 0.25) is 0 Å². The fourth-order valence-corrected chi connectivity index (χ4v) is 3.80. The number of urea groups is 1. The Hall–Kier alpha value is -0.820. The number of hydrogen-bond acceptors (Lipinski definition) is 4. The second kappa shape index (κ2) is 10.0. The zero-order valence-electron chi connectivity index (χ0n) is 13.7. The van der Waals surface area contributed by atoms with Gasteiger partial charge < -0.3 is 10.2 Å². The van der Waals surface area contributed by atoms with Gasteiger partial charge in [0.1, 0.15) is 4.32 Å². The van der Waals surface area contributed by atoms with Gasteiger partial charge in [0.15, 0.2) is 0 Å². The highest BCUT2D eigenvalue weighted by atomic mass is 32.2. The molecule has 1 saturated carbocycles. The first kappa shape index (κ1) is 19.2. The Bertz CT molecular complexity index is 400. The van der Waals surface area contributed by atoms with Gasteiger partial charge in [-0.1, -0.05) is 43.7 Å². The third-order valence-corrected chi connectivity index (χ3v) is 5.55. The maximum absolute atomic E-state index is 11.9. The predicted molar refractivity (Wildman–Crippen MR) is 96.1 cm³/mol. The van der Waals surface area contributed by atoms with Gasteiger partial charge in [0.05, 0.1) is 5.75 Å². The summed E-state index contributed by atoms with van der Waals surface area (Å²) in [5.74, 6) is 0.336. The van der Waals surface area contributed by atoms with Crippen LogP contribution in [0.1, 0.15) is 46.5 Å². The lowest BCUT2D eigenvalue weighted by Crippen LogP contribution is -2.48. The number of imide groups is 1. The van der Waals surface area contributed by atoms with E-state index in [0.29, 0.717) is 10.2 Å². The van der Waals surface area contributed by atoms with Gasteiger partial charge in [0.25, 0.3) is 0 Å². The van der Waals surface area contributed by atoms with Crippen molar-refractivity contribution < 1.29 is 9.59 Å². The zero-order valence-corrected chi connectivity index (χ0v) is 15.3. The van der Waals surface area contributed by atoms with Gasteiger partial charge >= 0.3 is 6.03 Å². The Balaban J connectivity index is 2.29. The van der Waals surface area contributed by atoms with Crippen molar-refractivity contribution in [3.05, 3.63) is 0 Å². The minimum atomic E-state index is -0.391. The SMILES string of the molecule is CCN(CC)C(=S)SCC(=O)NC(=O)N[C@@H]1CCCC[C@@H]1C. The number of thioether (sulfide) groups is 1. The molecule has 1 aliphatic carbocycles.